The zero-order valence-electron chi connectivity index (χ0n) is 66.6. The Hall–Kier alpha value is -13.8. The van der Waals surface area contributed by atoms with Crippen LogP contribution in [-0.2, 0) is 21.7 Å². The highest BCUT2D eigenvalue weighted by Gasteiger charge is 2.57. The molecule has 18 aromatic rings. The lowest BCUT2D eigenvalue weighted by atomic mass is 9.33. The van der Waals surface area contributed by atoms with Crippen molar-refractivity contribution in [2.45, 2.75) is 63.2 Å². The Bertz CT molecular complexity index is 7200. The van der Waals surface area contributed by atoms with E-state index in [9.17, 15) is 0 Å². The van der Waals surface area contributed by atoms with Crippen molar-refractivity contribution in [2.24, 2.45) is 0 Å². The Balaban J connectivity index is 0.868. The molecular weight excluding hydrogens is 1440 g/mol. The molecule has 6 heteroatoms. The molecule has 0 saturated carbocycles. The quantitative estimate of drug-likeness (QED) is 0.155. The maximum Gasteiger partial charge on any atom is 0.252 e. The smallest absolute Gasteiger partial charge is 0.252 e. The minimum atomic E-state index is -3.34. The largest absolute Gasteiger partial charge is 0.457 e. The molecule has 556 valence electrons. The number of anilines is 6. The van der Waals surface area contributed by atoms with E-state index in [1.165, 1.54) is 159 Å². The highest BCUT2D eigenvalue weighted by molar-refractivity contribution is 7.21. The van der Waals surface area contributed by atoms with Crippen molar-refractivity contribution < 1.29 is 4.74 Å². The molecule has 7 aliphatic rings. The molecule has 0 atom stereocenters. The molecule has 0 fully saturated rings. The van der Waals surface area contributed by atoms with Crippen LogP contribution in [0.25, 0.3) is 83.1 Å². The molecule has 4 nitrogen and oxygen atoms in total. The molecule has 3 aliphatic heterocycles. The number of hydrogen-bond donors (Lipinski definition) is 0. The Morgan fingerprint density at radius 3 is 1.18 bits per heavy atom. The summed E-state index contributed by atoms with van der Waals surface area (Å²) in [4.78, 5) is 5.50. The second kappa shape index (κ2) is 24.2. The van der Waals surface area contributed by atoms with E-state index >= 15 is 0 Å². The van der Waals surface area contributed by atoms with E-state index < -0.39 is 18.9 Å². The molecule has 0 amide bonds. The zero-order valence-corrected chi connectivity index (χ0v) is 67.6. The zero-order chi connectivity index (χ0) is 78.5. The van der Waals surface area contributed by atoms with Crippen LogP contribution in [0.5, 0.6) is 11.5 Å². The predicted octanol–water partition coefficient (Wildman–Crippen LogP) is 23.3. The van der Waals surface area contributed by atoms with Crippen LogP contribution in [0, 0.1) is 0 Å². The summed E-state index contributed by atoms with van der Waals surface area (Å²) in [6, 6.07) is 146. The van der Waals surface area contributed by atoms with Gasteiger partial charge in [-0.15, -0.1) is 0 Å². The molecule has 118 heavy (non-hydrogen) atoms. The summed E-state index contributed by atoms with van der Waals surface area (Å²) in [7, 11) is -3.34. The van der Waals surface area contributed by atoms with Crippen LogP contribution in [0.3, 0.4) is 0 Å². The van der Waals surface area contributed by atoms with Crippen molar-refractivity contribution in [3.05, 3.63) is 432 Å². The Morgan fingerprint density at radius 1 is 0.288 bits per heavy atom. The summed E-state index contributed by atoms with van der Waals surface area (Å²) >= 11 is 0. The molecule has 0 bridgehead atoms. The maximum atomic E-state index is 7.83. The number of para-hydroxylation sites is 3. The average molecular weight is 1520 g/mol. The summed E-state index contributed by atoms with van der Waals surface area (Å²) in [5, 5.41) is 7.48. The molecule has 25 rings (SSSR count). The van der Waals surface area contributed by atoms with Crippen LogP contribution in [0.15, 0.2) is 376 Å². The van der Waals surface area contributed by atoms with Crippen LogP contribution in [0.1, 0.15) is 97.2 Å². The van der Waals surface area contributed by atoms with Crippen molar-refractivity contribution in [1.29, 1.82) is 0 Å². The van der Waals surface area contributed by atoms with Gasteiger partial charge in [0.1, 0.15) is 11.5 Å². The third-order valence-electron chi connectivity index (χ3n) is 27.8. The standard InChI is InChI=1S/C112H80BN3OSi/c1-109(2,3)71-61-70(62-72(64-71)110(4,5)6)69-59-60-92-98(63-69)115(96-55-31-51-90-106(96)82-43-17-25-49-88(82)111(90)84-45-21-13-37-76(84)77-38-14-22-46-85(77)111)100-65-73(114-94-53-27-19-41-80(94)81-42-20-28-54-95(81)114)66-101-108(100)113(92)93-67-105-103(117-102-57-29-30-58-104(102)118(105,74-33-9-7-10-34-74)75-35-11-8-12-36-75)68-99(93)116(101)97-56-32-52-91-107(97)83-44-18-26-50-89(83)112(91)86-47-23-15-39-78(86)79-40-16-24-48-87(79)112/h7-68H,1-6H3. The molecule has 0 radical (unpaired) electrons. The van der Waals surface area contributed by atoms with Gasteiger partial charge in [-0.05, 0) is 197 Å². The SMILES string of the molecule is CC(C)(C)c1cc(-c2ccc3c(c2)N(c2cccc4c2-c2ccccc2C42c4ccccc4-c4ccccc42)c2cc(-n4c5ccccc5c5ccccc54)cc4c2B3c2cc3c(cc2N4c2cccc4c2-c2ccccc2C42c4ccccc4-c4ccccc42)Oc2ccccc2[Si]3(c2ccccc2)c2ccccc2)cc(C(C)(C)C)c1. The summed E-state index contributed by atoms with van der Waals surface area (Å²) in [5.74, 6) is 1.76. The summed E-state index contributed by atoms with van der Waals surface area (Å²) in [5.41, 5.74) is 37.6. The molecule has 2 spiro atoms. The first-order valence-electron chi connectivity index (χ1n) is 41.8. The first-order chi connectivity index (χ1) is 57.8. The Kier molecular flexibility index (Phi) is 13.8. The van der Waals surface area contributed by atoms with Gasteiger partial charge in [-0.3, -0.25) is 0 Å². The second-order valence-corrected chi connectivity index (χ2v) is 39.3. The fourth-order valence-corrected chi connectivity index (χ4v) is 28.0. The first-order valence-corrected chi connectivity index (χ1v) is 43.8. The predicted molar refractivity (Wildman–Crippen MR) is 494 cm³/mol. The van der Waals surface area contributed by atoms with Gasteiger partial charge in [-0.25, -0.2) is 0 Å². The maximum absolute atomic E-state index is 7.83. The van der Waals surface area contributed by atoms with Crippen LogP contribution in [0.2, 0.25) is 0 Å². The number of benzene rings is 17. The molecule has 0 unspecified atom stereocenters. The average Bonchev–Trinajstić information content (AvgIpc) is 1.39. The van der Waals surface area contributed by atoms with Crippen molar-refractivity contribution in [1.82, 2.24) is 4.57 Å². The number of ether oxygens (including phenoxy) is 1. The van der Waals surface area contributed by atoms with Crippen molar-refractivity contribution >= 4 is 108 Å². The van der Waals surface area contributed by atoms with E-state index in [0.717, 1.165) is 62.3 Å². The van der Waals surface area contributed by atoms with E-state index in [2.05, 4.69) is 432 Å². The topological polar surface area (TPSA) is 20.6 Å². The van der Waals surface area contributed by atoms with E-state index in [4.69, 9.17) is 4.74 Å². The minimum Gasteiger partial charge on any atom is -0.457 e. The highest BCUT2D eigenvalue weighted by Crippen LogP contribution is 2.68. The van der Waals surface area contributed by atoms with Crippen molar-refractivity contribution in [3.8, 4) is 72.8 Å². The minimum absolute atomic E-state index is 0.132. The molecule has 0 N–H and O–H groups in total. The Morgan fingerprint density at radius 2 is 0.695 bits per heavy atom. The molecule has 0 saturated heterocycles. The van der Waals surface area contributed by atoms with Gasteiger partial charge in [0, 0.05) is 50.7 Å². The number of nitrogens with zero attached hydrogens (tertiary/aromatic N) is 3. The van der Waals surface area contributed by atoms with Crippen LogP contribution in [0.4, 0.5) is 34.1 Å². The molecular formula is C112H80BN3OSi. The molecule has 4 heterocycles. The van der Waals surface area contributed by atoms with E-state index in [0.29, 0.717) is 0 Å². The van der Waals surface area contributed by atoms with Crippen LogP contribution >= 0.6 is 0 Å². The van der Waals surface area contributed by atoms with Crippen LogP contribution in [-0.4, -0.2) is 19.4 Å². The van der Waals surface area contributed by atoms with Gasteiger partial charge in [0.2, 0.25) is 0 Å². The first kappa shape index (κ1) is 67.5. The second-order valence-electron chi connectivity index (χ2n) is 35.6. The fraction of sp³-hybridized carbons (Fsp3) is 0.0893. The summed E-state index contributed by atoms with van der Waals surface area (Å²) in [6.45, 7) is 13.9. The molecule has 17 aromatic carbocycles. The van der Waals surface area contributed by atoms with E-state index in [1.54, 1.807) is 0 Å². The molecule has 1 aromatic heterocycles. The van der Waals surface area contributed by atoms with Gasteiger partial charge in [0.05, 0.1) is 38.9 Å². The Labute approximate surface area is 690 Å². The third kappa shape index (κ3) is 8.74. The lowest BCUT2D eigenvalue weighted by molar-refractivity contribution is 0.487. The van der Waals surface area contributed by atoms with Gasteiger partial charge in [-0.2, -0.15) is 0 Å². The third-order valence-corrected chi connectivity index (χ3v) is 32.6. The normalized spacial score (nSPS) is 14.9. The lowest BCUT2D eigenvalue weighted by Crippen LogP contribution is -2.77. The van der Waals surface area contributed by atoms with Gasteiger partial charge in [-0.1, -0.05) is 363 Å². The van der Waals surface area contributed by atoms with Crippen molar-refractivity contribution in [3.63, 3.8) is 0 Å². The van der Waals surface area contributed by atoms with E-state index in [-0.39, 0.29) is 17.5 Å². The van der Waals surface area contributed by atoms with Gasteiger partial charge in [0.25, 0.3) is 6.71 Å². The monoisotopic (exact) mass is 1520 g/mol. The number of rotatable bonds is 6. The van der Waals surface area contributed by atoms with Gasteiger partial charge >= 0.3 is 0 Å². The van der Waals surface area contributed by atoms with Gasteiger partial charge in [0.15, 0.2) is 8.07 Å². The van der Waals surface area contributed by atoms with Gasteiger partial charge < -0.3 is 19.1 Å². The van der Waals surface area contributed by atoms with E-state index in [1.807, 2.05) is 0 Å². The fourth-order valence-electron chi connectivity index (χ4n) is 23.0. The van der Waals surface area contributed by atoms with Crippen LogP contribution < -0.4 is 51.7 Å². The van der Waals surface area contributed by atoms with Crippen molar-refractivity contribution in [2.75, 3.05) is 9.80 Å². The summed E-state index contributed by atoms with van der Waals surface area (Å²) in [6.07, 6.45) is 0. The number of aromatic nitrogens is 1. The number of hydrogen-bond acceptors (Lipinski definition) is 3. The lowest BCUT2D eigenvalue weighted by Gasteiger charge is -2.47. The molecule has 4 aliphatic carbocycles. The summed E-state index contributed by atoms with van der Waals surface area (Å²) < 4.78 is 10.4. The highest BCUT2D eigenvalue weighted by atomic mass is 28.3. The number of fused-ring (bicyclic) bond motifs is 29.